The van der Waals surface area contributed by atoms with Crippen molar-refractivity contribution in [1.82, 2.24) is 10.3 Å². The van der Waals surface area contributed by atoms with Crippen LogP contribution in [0.15, 0.2) is 5.38 Å². The summed E-state index contributed by atoms with van der Waals surface area (Å²) in [4.78, 5) is 16.0. The van der Waals surface area contributed by atoms with Crippen LogP contribution in [0.25, 0.3) is 0 Å². The predicted octanol–water partition coefficient (Wildman–Crippen LogP) is 1.67. The number of rotatable bonds is 5. The number of nitrogens with one attached hydrogen (secondary N) is 1. The fourth-order valence-corrected chi connectivity index (χ4v) is 2.36. The van der Waals surface area contributed by atoms with E-state index in [4.69, 9.17) is 4.74 Å². The van der Waals surface area contributed by atoms with Gasteiger partial charge >= 0.3 is 5.97 Å². The maximum Gasteiger partial charge on any atom is 0.330 e. The number of aryl methyl sites for hydroxylation is 1. The standard InChI is InChI=1S/C11H16N2O2S/c1-7-6-16-10(13-7)9(11(14)15-2)12-5-8-3-4-8/h6,8-9,12H,3-5H2,1-2H3. The Labute approximate surface area is 99.0 Å². The molecule has 1 aliphatic carbocycles. The smallest absolute Gasteiger partial charge is 0.330 e. The lowest BCUT2D eigenvalue weighted by Gasteiger charge is -2.13. The Bertz CT molecular complexity index is 374. The highest BCUT2D eigenvalue weighted by atomic mass is 32.1. The zero-order valence-corrected chi connectivity index (χ0v) is 10.3. The van der Waals surface area contributed by atoms with Gasteiger partial charge in [-0.25, -0.2) is 9.78 Å². The highest BCUT2D eigenvalue weighted by Crippen LogP contribution is 2.29. The average Bonchev–Trinajstić information content (AvgIpc) is 3.01. The molecule has 1 unspecified atom stereocenters. The molecular formula is C11H16N2O2S. The first-order valence-corrected chi connectivity index (χ1v) is 6.32. The zero-order valence-electron chi connectivity index (χ0n) is 9.53. The van der Waals surface area contributed by atoms with Gasteiger partial charge in [-0.3, -0.25) is 5.32 Å². The molecule has 5 heteroatoms. The molecule has 1 aromatic rings. The number of hydrogen-bond donors (Lipinski definition) is 1. The van der Waals surface area contributed by atoms with Gasteiger partial charge in [0.2, 0.25) is 0 Å². The van der Waals surface area contributed by atoms with Crippen LogP contribution in [0.3, 0.4) is 0 Å². The van der Waals surface area contributed by atoms with Crippen molar-refractivity contribution in [3.8, 4) is 0 Å². The summed E-state index contributed by atoms with van der Waals surface area (Å²) in [5, 5.41) is 5.98. The maximum atomic E-state index is 11.6. The Morgan fingerprint density at radius 1 is 1.75 bits per heavy atom. The van der Waals surface area contributed by atoms with E-state index in [1.165, 1.54) is 31.3 Å². The van der Waals surface area contributed by atoms with Crippen LogP contribution < -0.4 is 5.32 Å². The number of hydrogen-bond acceptors (Lipinski definition) is 5. The third-order valence-corrected chi connectivity index (χ3v) is 3.66. The highest BCUT2D eigenvalue weighted by molar-refractivity contribution is 7.09. The van der Waals surface area contributed by atoms with Crippen molar-refractivity contribution >= 4 is 17.3 Å². The molecule has 1 N–H and O–H groups in total. The average molecular weight is 240 g/mol. The van der Waals surface area contributed by atoms with E-state index in [0.717, 1.165) is 23.2 Å². The molecule has 0 aromatic carbocycles. The number of carbonyl (C=O) groups is 1. The lowest BCUT2D eigenvalue weighted by Crippen LogP contribution is -2.31. The Kier molecular flexibility index (Phi) is 3.56. The number of thiazole rings is 1. The Hall–Kier alpha value is -0.940. The van der Waals surface area contributed by atoms with Gasteiger partial charge < -0.3 is 4.74 Å². The van der Waals surface area contributed by atoms with Gasteiger partial charge in [0.15, 0.2) is 6.04 Å². The molecule has 0 saturated heterocycles. The molecule has 0 aliphatic heterocycles. The summed E-state index contributed by atoms with van der Waals surface area (Å²) in [6.07, 6.45) is 2.52. The van der Waals surface area contributed by atoms with E-state index in [1.807, 2.05) is 12.3 Å². The van der Waals surface area contributed by atoms with Crippen molar-refractivity contribution in [1.29, 1.82) is 0 Å². The number of esters is 1. The van der Waals surface area contributed by atoms with Gasteiger partial charge in [-0.1, -0.05) is 0 Å². The largest absolute Gasteiger partial charge is 0.468 e. The first kappa shape index (κ1) is 11.5. The second kappa shape index (κ2) is 4.93. The molecule has 4 nitrogen and oxygen atoms in total. The van der Waals surface area contributed by atoms with Gasteiger partial charge in [0.1, 0.15) is 5.01 Å². The molecule has 0 spiro atoms. The van der Waals surface area contributed by atoms with Gasteiger partial charge in [-0.05, 0) is 32.2 Å². The van der Waals surface area contributed by atoms with Gasteiger partial charge in [-0.2, -0.15) is 0 Å². The molecule has 0 amide bonds. The third kappa shape index (κ3) is 2.80. The second-order valence-corrected chi connectivity index (χ2v) is 5.02. The SMILES string of the molecule is COC(=O)C(NCC1CC1)c1nc(C)cs1. The summed E-state index contributed by atoms with van der Waals surface area (Å²) in [6.45, 7) is 2.80. The van der Waals surface area contributed by atoms with E-state index >= 15 is 0 Å². The normalized spacial score (nSPS) is 17.1. The van der Waals surface area contributed by atoms with E-state index in [1.54, 1.807) is 0 Å². The van der Waals surface area contributed by atoms with Crippen molar-refractivity contribution in [2.75, 3.05) is 13.7 Å². The van der Waals surface area contributed by atoms with Crippen molar-refractivity contribution in [2.24, 2.45) is 5.92 Å². The number of aromatic nitrogens is 1. The maximum absolute atomic E-state index is 11.6. The quantitative estimate of drug-likeness (QED) is 0.795. The zero-order chi connectivity index (χ0) is 11.5. The van der Waals surface area contributed by atoms with Crippen LogP contribution in [0, 0.1) is 12.8 Å². The minimum absolute atomic E-state index is 0.255. The van der Waals surface area contributed by atoms with E-state index < -0.39 is 6.04 Å². The van der Waals surface area contributed by atoms with Gasteiger partial charge in [0.05, 0.1) is 7.11 Å². The van der Waals surface area contributed by atoms with Gasteiger partial charge in [-0.15, -0.1) is 11.3 Å². The molecule has 16 heavy (non-hydrogen) atoms. The Morgan fingerprint density at radius 3 is 3.00 bits per heavy atom. The number of ether oxygens (including phenoxy) is 1. The summed E-state index contributed by atoms with van der Waals surface area (Å²) >= 11 is 1.50. The lowest BCUT2D eigenvalue weighted by atomic mass is 10.3. The van der Waals surface area contributed by atoms with Crippen molar-refractivity contribution < 1.29 is 9.53 Å². The van der Waals surface area contributed by atoms with E-state index in [9.17, 15) is 4.79 Å². The summed E-state index contributed by atoms with van der Waals surface area (Å²) in [5.74, 6) is 0.475. The van der Waals surface area contributed by atoms with Crippen LogP contribution in [0.1, 0.15) is 29.6 Å². The molecule has 88 valence electrons. The van der Waals surface area contributed by atoms with Gasteiger partial charge in [0, 0.05) is 11.1 Å². The first-order chi connectivity index (χ1) is 7.70. The topological polar surface area (TPSA) is 51.2 Å². The highest BCUT2D eigenvalue weighted by Gasteiger charge is 2.28. The lowest BCUT2D eigenvalue weighted by molar-refractivity contribution is -0.143. The van der Waals surface area contributed by atoms with E-state index in [-0.39, 0.29) is 5.97 Å². The Morgan fingerprint density at radius 2 is 2.50 bits per heavy atom. The number of nitrogens with zero attached hydrogens (tertiary/aromatic N) is 1. The molecule has 0 radical (unpaired) electrons. The molecule has 2 rings (SSSR count). The third-order valence-electron chi connectivity index (χ3n) is 2.63. The van der Waals surface area contributed by atoms with E-state index in [0.29, 0.717) is 0 Å². The molecule has 1 aliphatic rings. The monoisotopic (exact) mass is 240 g/mol. The van der Waals surface area contributed by atoms with Crippen LogP contribution in [0.2, 0.25) is 0 Å². The van der Waals surface area contributed by atoms with Crippen LogP contribution in [0.5, 0.6) is 0 Å². The summed E-state index contributed by atoms with van der Waals surface area (Å²) < 4.78 is 4.79. The fourth-order valence-electron chi connectivity index (χ4n) is 1.50. The van der Waals surface area contributed by atoms with Crippen LogP contribution in [0.4, 0.5) is 0 Å². The molecule has 1 fully saturated rings. The van der Waals surface area contributed by atoms with E-state index in [2.05, 4.69) is 10.3 Å². The first-order valence-electron chi connectivity index (χ1n) is 5.44. The number of methoxy groups -OCH3 is 1. The second-order valence-electron chi connectivity index (χ2n) is 4.13. The Balaban J connectivity index is 2.03. The molecule has 1 atom stereocenters. The molecular weight excluding hydrogens is 224 g/mol. The minimum Gasteiger partial charge on any atom is -0.468 e. The van der Waals surface area contributed by atoms with Gasteiger partial charge in [0.25, 0.3) is 0 Å². The predicted molar refractivity (Wildman–Crippen MR) is 62.3 cm³/mol. The molecule has 0 bridgehead atoms. The molecule has 1 saturated carbocycles. The van der Waals surface area contributed by atoms with Crippen LogP contribution in [-0.2, 0) is 9.53 Å². The molecule has 1 aromatic heterocycles. The number of carbonyl (C=O) groups excluding carboxylic acids is 1. The summed E-state index contributed by atoms with van der Waals surface area (Å²) in [5.41, 5.74) is 0.946. The van der Waals surface area contributed by atoms with Crippen LogP contribution >= 0.6 is 11.3 Å². The summed E-state index contributed by atoms with van der Waals surface area (Å²) in [7, 11) is 1.41. The minimum atomic E-state index is -0.399. The fraction of sp³-hybridized carbons (Fsp3) is 0.636. The summed E-state index contributed by atoms with van der Waals surface area (Å²) in [6, 6.07) is -0.399. The van der Waals surface area contributed by atoms with Crippen molar-refractivity contribution in [2.45, 2.75) is 25.8 Å². The molecule has 1 heterocycles. The van der Waals surface area contributed by atoms with Crippen molar-refractivity contribution in [3.05, 3.63) is 16.1 Å². The van der Waals surface area contributed by atoms with Crippen molar-refractivity contribution in [3.63, 3.8) is 0 Å². The van der Waals surface area contributed by atoms with Crippen LogP contribution in [-0.4, -0.2) is 24.6 Å².